The van der Waals surface area contributed by atoms with E-state index in [0.29, 0.717) is 0 Å². The van der Waals surface area contributed by atoms with E-state index in [4.69, 9.17) is 9.97 Å². The second-order valence-corrected chi connectivity index (χ2v) is 10.0. The smallest absolute Gasteiger partial charge is 0.0893 e. The molecule has 0 N–H and O–H groups in total. The molecule has 8 aromatic rings. The van der Waals surface area contributed by atoms with Gasteiger partial charge in [-0.3, -0.25) is 9.97 Å². The number of aromatic nitrogens is 5. The number of fused-ring (bicyclic) bond motifs is 4. The van der Waals surface area contributed by atoms with Crippen LogP contribution in [0.15, 0.2) is 140 Å². The van der Waals surface area contributed by atoms with Gasteiger partial charge >= 0.3 is 0 Å². The molecule has 0 unspecified atom stereocenters. The molecule has 0 fully saturated rings. The number of hydrogen-bond donors (Lipinski definition) is 0. The lowest BCUT2D eigenvalue weighted by atomic mass is 10.0. The predicted octanol–water partition coefficient (Wildman–Crippen LogP) is 8.52. The first-order valence-corrected chi connectivity index (χ1v) is 13.6. The van der Waals surface area contributed by atoms with E-state index in [-0.39, 0.29) is 0 Å². The van der Waals surface area contributed by atoms with Crippen LogP contribution in [0.2, 0.25) is 0 Å². The molecule has 0 aliphatic rings. The zero-order valence-electron chi connectivity index (χ0n) is 22.0. The van der Waals surface area contributed by atoms with Gasteiger partial charge in [0.1, 0.15) is 0 Å². The van der Waals surface area contributed by atoms with Crippen LogP contribution < -0.4 is 0 Å². The molecule has 192 valence electrons. The summed E-state index contributed by atoms with van der Waals surface area (Å²) in [5.74, 6) is 0. The van der Waals surface area contributed by atoms with Crippen molar-refractivity contribution in [3.8, 4) is 39.6 Å². The SMILES string of the molecule is c1cc(-c2cccc(-c3cccc(-c4cncc5ccccc45)n3)n2)cc(-n2c3ccccc3c3ccncc32)c1. The standard InChI is InChI=1S/C36H23N5/c1-2-11-27-25(8-1)21-38-22-30(27)32-14-7-16-34(40-32)33-15-6-13-31(39-33)24-9-5-10-26(20-24)41-35-17-4-3-12-28(35)29-18-19-37-23-36(29)41/h1-23H. The van der Waals surface area contributed by atoms with Gasteiger partial charge in [-0.15, -0.1) is 0 Å². The van der Waals surface area contributed by atoms with E-state index < -0.39 is 0 Å². The van der Waals surface area contributed by atoms with Gasteiger partial charge in [-0.2, -0.15) is 0 Å². The lowest BCUT2D eigenvalue weighted by Gasteiger charge is -2.11. The van der Waals surface area contributed by atoms with Gasteiger partial charge in [-0.1, -0.05) is 66.7 Å². The highest BCUT2D eigenvalue weighted by atomic mass is 15.0. The highest BCUT2D eigenvalue weighted by molar-refractivity contribution is 6.09. The molecule has 0 atom stereocenters. The molecule has 5 nitrogen and oxygen atoms in total. The third kappa shape index (κ3) is 3.95. The van der Waals surface area contributed by atoms with Crippen molar-refractivity contribution in [1.82, 2.24) is 24.5 Å². The molecule has 0 aliphatic carbocycles. The Kier molecular flexibility index (Phi) is 5.38. The number of benzene rings is 3. The molecule has 0 saturated carbocycles. The van der Waals surface area contributed by atoms with Crippen LogP contribution in [0.3, 0.4) is 0 Å². The van der Waals surface area contributed by atoms with Gasteiger partial charge in [0.15, 0.2) is 0 Å². The lowest BCUT2D eigenvalue weighted by molar-refractivity contribution is 1.16. The van der Waals surface area contributed by atoms with Crippen LogP contribution in [0.1, 0.15) is 0 Å². The van der Waals surface area contributed by atoms with E-state index in [9.17, 15) is 0 Å². The quantitative estimate of drug-likeness (QED) is 0.231. The molecule has 5 aromatic heterocycles. The van der Waals surface area contributed by atoms with Crippen LogP contribution in [0, 0.1) is 0 Å². The maximum Gasteiger partial charge on any atom is 0.0893 e. The molecule has 41 heavy (non-hydrogen) atoms. The highest BCUT2D eigenvalue weighted by Crippen LogP contribution is 2.33. The maximum atomic E-state index is 5.06. The molecule has 0 radical (unpaired) electrons. The minimum absolute atomic E-state index is 0.821. The highest BCUT2D eigenvalue weighted by Gasteiger charge is 2.13. The Morgan fingerprint density at radius 3 is 2.07 bits per heavy atom. The average molecular weight is 526 g/mol. The largest absolute Gasteiger partial charge is 0.308 e. The molecule has 0 spiro atoms. The van der Waals surface area contributed by atoms with Gasteiger partial charge in [0.05, 0.1) is 40.0 Å². The summed E-state index contributed by atoms with van der Waals surface area (Å²) in [6.07, 6.45) is 7.56. The summed E-state index contributed by atoms with van der Waals surface area (Å²) in [7, 11) is 0. The van der Waals surface area contributed by atoms with Gasteiger partial charge in [0.25, 0.3) is 0 Å². The minimum atomic E-state index is 0.821. The van der Waals surface area contributed by atoms with Crippen molar-refractivity contribution in [2.24, 2.45) is 0 Å². The zero-order valence-corrected chi connectivity index (χ0v) is 22.0. The van der Waals surface area contributed by atoms with Gasteiger partial charge in [-0.25, -0.2) is 9.97 Å². The monoisotopic (exact) mass is 525 g/mol. The van der Waals surface area contributed by atoms with Crippen molar-refractivity contribution in [3.05, 3.63) is 140 Å². The van der Waals surface area contributed by atoms with Gasteiger partial charge in [-0.05, 0) is 53.9 Å². The molecular formula is C36H23N5. The van der Waals surface area contributed by atoms with Crippen molar-refractivity contribution < 1.29 is 0 Å². The fourth-order valence-corrected chi connectivity index (χ4v) is 5.69. The molecule has 8 rings (SSSR count). The van der Waals surface area contributed by atoms with Crippen molar-refractivity contribution in [2.75, 3.05) is 0 Å². The average Bonchev–Trinajstić information content (AvgIpc) is 3.39. The van der Waals surface area contributed by atoms with Crippen molar-refractivity contribution in [3.63, 3.8) is 0 Å². The van der Waals surface area contributed by atoms with Crippen molar-refractivity contribution >= 4 is 32.6 Å². The fourth-order valence-electron chi connectivity index (χ4n) is 5.69. The van der Waals surface area contributed by atoms with Crippen LogP contribution in [0.4, 0.5) is 0 Å². The number of hydrogen-bond acceptors (Lipinski definition) is 4. The van der Waals surface area contributed by atoms with E-state index in [0.717, 1.165) is 61.4 Å². The molecular weight excluding hydrogens is 502 g/mol. The Morgan fingerprint density at radius 1 is 0.463 bits per heavy atom. The van der Waals surface area contributed by atoms with Crippen molar-refractivity contribution in [1.29, 1.82) is 0 Å². The van der Waals surface area contributed by atoms with Gasteiger partial charge in [0, 0.05) is 51.6 Å². The van der Waals surface area contributed by atoms with Gasteiger partial charge in [0.2, 0.25) is 0 Å². The second-order valence-electron chi connectivity index (χ2n) is 10.0. The Labute approximate surface area is 236 Å². The molecule has 5 heteroatoms. The molecule has 0 saturated heterocycles. The molecule has 3 aromatic carbocycles. The van der Waals surface area contributed by atoms with Crippen LogP contribution in [0.5, 0.6) is 0 Å². The normalized spacial score (nSPS) is 11.4. The number of para-hydroxylation sites is 1. The Balaban J connectivity index is 1.21. The number of nitrogens with zero attached hydrogens (tertiary/aromatic N) is 5. The number of rotatable bonds is 4. The summed E-state index contributed by atoms with van der Waals surface area (Å²) in [6, 6.07) is 39.5. The second kappa shape index (κ2) is 9.50. The summed E-state index contributed by atoms with van der Waals surface area (Å²) in [5, 5.41) is 4.62. The summed E-state index contributed by atoms with van der Waals surface area (Å²) < 4.78 is 2.27. The predicted molar refractivity (Wildman–Crippen MR) is 166 cm³/mol. The Bertz CT molecular complexity index is 2170. The fraction of sp³-hybridized carbons (Fsp3) is 0. The third-order valence-corrected chi connectivity index (χ3v) is 7.58. The number of pyridine rings is 4. The summed E-state index contributed by atoms with van der Waals surface area (Å²) in [4.78, 5) is 18.9. The third-order valence-electron chi connectivity index (χ3n) is 7.58. The Morgan fingerprint density at radius 2 is 1.17 bits per heavy atom. The van der Waals surface area contributed by atoms with E-state index in [2.05, 4.69) is 87.3 Å². The van der Waals surface area contributed by atoms with Gasteiger partial charge < -0.3 is 4.57 Å². The summed E-state index contributed by atoms with van der Waals surface area (Å²) >= 11 is 0. The zero-order chi connectivity index (χ0) is 27.2. The minimum Gasteiger partial charge on any atom is -0.308 e. The van der Waals surface area contributed by atoms with E-state index in [1.54, 1.807) is 0 Å². The lowest BCUT2D eigenvalue weighted by Crippen LogP contribution is -1.96. The van der Waals surface area contributed by atoms with Crippen LogP contribution in [0.25, 0.3) is 72.2 Å². The first kappa shape index (κ1) is 23.2. The first-order chi connectivity index (χ1) is 20.3. The molecule has 0 amide bonds. The maximum absolute atomic E-state index is 5.06. The van der Waals surface area contributed by atoms with Crippen molar-refractivity contribution in [2.45, 2.75) is 0 Å². The molecule has 0 bridgehead atoms. The molecule has 5 heterocycles. The topological polar surface area (TPSA) is 56.5 Å². The van der Waals surface area contributed by atoms with E-state index in [1.807, 2.05) is 67.3 Å². The molecule has 0 aliphatic heterocycles. The summed E-state index contributed by atoms with van der Waals surface area (Å²) in [5.41, 5.74) is 8.75. The van der Waals surface area contributed by atoms with Crippen LogP contribution >= 0.6 is 0 Å². The van der Waals surface area contributed by atoms with E-state index in [1.165, 1.54) is 10.8 Å². The van der Waals surface area contributed by atoms with E-state index >= 15 is 0 Å². The first-order valence-electron chi connectivity index (χ1n) is 13.6. The summed E-state index contributed by atoms with van der Waals surface area (Å²) in [6.45, 7) is 0. The Hall–Kier alpha value is -5.68. The van der Waals surface area contributed by atoms with Crippen LogP contribution in [-0.2, 0) is 0 Å². The van der Waals surface area contributed by atoms with Crippen LogP contribution in [-0.4, -0.2) is 24.5 Å².